The van der Waals surface area contributed by atoms with Gasteiger partial charge in [-0.3, -0.25) is 4.79 Å². The van der Waals surface area contributed by atoms with E-state index in [2.05, 4.69) is 26.6 Å². The van der Waals surface area contributed by atoms with E-state index in [0.29, 0.717) is 24.6 Å². The predicted octanol–water partition coefficient (Wildman–Crippen LogP) is 3.78. The lowest BCUT2D eigenvalue weighted by Crippen LogP contribution is -2.44. The monoisotopic (exact) mass is 398 g/mol. The van der Waals surface area contributed by atoms with Crippen LogP contribution in [0.15, 0.2) is 21.9 Å². The molecule has 0 radical (unpaired) electrons. The van der Waals surface area contributed by atoms with Crippen LogP contribution in [0.1, 0.15) is 34.9 Å². The van der Waals surface area contributed by atoms with Gasteiger partial charge in [0.1, 0.15) is 17.4 Å². The van der Waals surface area contributed by atoms with Gasteiger partial charge in [0.2, 0.25) is 11.6 Å². The minimum atomic E-state index is -0.0179. The van der Waals surface area contributed by atoms with Gasteiger partial charge in [-0.1, -0.05) is 6.07 Å². The van der Waals surface area contributed by atoms with E-state index in [9.17, 15) is 4.79 Å². The Hall–Kier alpha value is -2.41. The Labute approximate surface area is 169 Å². The molecule has 1 saturated heterocycles. The first-order valence-electron chi connectivity index (χ1n) is 9.82. The molecule has 1 aliphatic rings. The van der Waals surface area contributed by atoms with Crippen LogP contribution in [0.3, 0.4) is 0 Å². The highest BCUT2D eigenvalue weighted by molar-refractivity contribution is 7.09. The van der Waals surface area contributed by atoms with Crippen LogP contribution in [-0.4, -0.2) is 35.5 Å². The number of hydrogen-bond donors (Lipinski definition) is 1. The van der Waals surface area contributed by atoms with Crippen LogP contribution in [0.5, 0.6) is 0 Å². The maximum absolute atomic E-state index is 12.7. The number of fused-ring (bicyclic) bond motifs is 1. The van der Waals surface area contributed by atoms with Crippen LogP contribution in [-0.2, 0) is 11.2 Å². The summed E-state index contributed by atoms with van der Waals surface area (Å²) in [5.74, 6) is 2.59. The maximum atomic E-state index is 12.7. The molecule has 7 heteroatoms. The van der Waals surface area contributed by atoms with Crippen molar-refractivity contribution in [1.82, 2.24) is 15.3 Å². The van der Waals surface area contributed by atoms with Crippen molar-refractivity contribution in [3.8, 4) is 0 Å². The van der Waals surface area contributed by atoms with Crippen molar-refractivity contribution in [3.63, 3.8) is 0 Å². The molecule has 0 saturated carbocycles. The van der Waals surface area contributed by atoms with E-state index in [4.69, 9.17) is 9.40 Å². The molecule has 0 unspecified atom stereocenters. The van der Waals surface area contributed by atoms with Crippen molar-refractivity contribution in [2.24, 2.45) is 5.92 Å². The molecule has 4 heterocycles. The van der Waals surface area contributed by atoms with Gasteiger partial charge in [-0.25, -0.2) is 4.98 Å². The molecule has 1 fully saturated rings. The van der Waals surface area contributed by atoms with Gasteiger partial charge in [-0.05, 0) is 51.5 Å². The molecular formula is C21H26N4O2S. The molecular weight excluding hydrogens is 372 g/mol. The van der Waals surface area contributed by atoms with E-state index < -0.39 is 0 Å². The average molecular weight is 399 g/mol. The number of piperidine rings is 1. The number of aryl methyl sites for hydroxylation is 3. The Kier molecular flexibility index (Phi) is 5.35. The number of carbonyl (C=O) groups is 1. The van der Waals surface area contributed by atoms with Crippen LogP contribution in [0.4, 0.5) is 5.82 Å². The Balaban J connectivity index is 1.48. The summed E-state index contributed by atoms with van der Waals surface area (Å²) in [6.45, 7) is 8.15. The first-order valence-corrected chi connectivity index (χ1v) is 10.7. The molecule has 3 aromatic rings. The molecule has 0 aromatic carbocycles. The number of thiophene rings is 1. The van der Waals surface area contributed by atoms with Crippen molar-refractivity contribution in [2.45, 2.75) is 40.0 Å². The number of carbonyl (C=O) groups excluding carboxylic acids is 1. The van der Waals surface area contributed by atoms with Crippen LogP contribution in [0.2, 0.25) is 0 Å². The summed E-state index contributed by atoms with van der Waals surface area (Å²) in [6, 6.07) is 4.15. The summed E-state index contributed by atoms with van der Waals surface area (Å²) in [5, 5.41) is 6.16. The molecule has 0 aliphatic carbocycles. The molecule has 0 spiro atoms. The van der Waals surface area contributed by atoms with Gasteiger partial charge in [0.05, 0.1) is 11.3 Å². The van der Waals surface area contributed by atoms with Crippen molar-refractivity contribution >= 4 is 34.2 Å². The van der Waals surface area contributed by atoms with Gasteiger partial charge in [0.15, 0.2) is 0 Å². The normalized spacial score (nSPS) is 17.2. The first-order chi connectivity index (χ1) is 13.5. The predicted molar refractivity (Wildman–Crippen MR) is 112 cm³/mol. The number of hydrogen-bond acceptors (Lipinski definition) is 6. The van der Waals surface area contributed by atoms with Gasteiger partial charge in [0, 0.05) is 30.1 Å². The Morgan fingerprint density at radius 3 is 3.00 bits per heavy atom. The van der Waals surface area contributed by atoms with Crippen molar-refractivity contribution in [3.05, 3.63) is 39.5 Å². The number of amides is 1. The second kappa shape index (κ2) is 7.91. The third kappa shape index (κ3) is 3.76. The molecule has 1 aliphatic heterocycles. The number of aromatic nitrogens is 2. The number of rotatable bonds is 5. The van der Waals surface area contributed by atoms with Crippen molar-refractivity contribution in [1.29, 1.82) is 0 Å². The van der Waals surface area contributed by atoms with E-state index in [-0.39, 0.29) is 11.8 Å². The van der Waals surface area contributed by atoms with Gasteiger partial charge in [0.25, 0.3) is 0 Å². The highest BCUT2D eigenvalue weighted by Crippen LogP contribution is 2.33. The van der Waals surface area contributed by atoms with Crippen LogP contribution >= 0.6 is 11.3 Å². The minimum Gasteiger partial charge on any atom is -0.443 e. The summed E-state index contributed by atoms with van der Waals surface area (Å²) in [5.41, 5.74) is 1.72. The lowest BCUT2D eigenvalue weighted by atomic mass is 9.96. The SMILES string of the molecule is Cc1nc(N2CCC[C@@H](C(=O)NCCc3cccs3)C2)c2c(C)c(C)oc2n1. The van der Waals surface area contributed by atoms with Gasteiger partial charge < -0.3 is 14.6 Å². The Morgan fingerprint density at radius 2 is 2.21 bits per heavy atom. The quantitative estimate of drug-likeness (QED) is 0.708. The summed E-state index contributed by atoms with van der Waals surface area (Å²) >= 11 is 1.73. The summed E-state index contributed by atoms with van der Waals surface area (Å²) in [4.78, 5) is 25.4. The van der Waals surface area contributed by atoms with Crippen LogP contribution in [0, 0.1) is 26.7 Å². The van der Waals surface area contributed by atoms with Gasteiger partial charge in [-0.2, -0.15) is 4.98 Å². The molecule has 1 amide bonds. The summed E-state index contributed by atoms with van der Waals surface area (Å²) < 4.78 is 5.82. The molecule has 1 N–H and O–H groups in total. The zero-order valence-electron chi connectivity index (χ0n) is 16.6. The molecule has 3 aromatic heterocycles. The fourth-order valence-corrected chi connectivity index (χ4v) is 4.56. The molecule has 4 rings (SSSR count). The van der Waals surface area contributed by atoms with Crippen molar-refractivity contribution < 1.29 is 9.21 Å². The smallest absolute Gasteiger partial charge is 0.231 e. The third-order valence-electron chi connectivity index (χ3n) is 5.46. The second-order valence-corrected chi connectivity index (χ2v) is 8.50. The lowest BCUT2D eigenvalue weighted by molar-refractivity contribution is -0.125. The fraction of sp³-hybridized carbons (Fsp3) is 0.476. The zero-order valence-corrected chi connectivity index (χ0v) is 17.4. The van der Waals surface area contributed by atoms with Crippen LogP contribution in [0.25, 0.3) is 11.1 Å². The highest BCUT2D eigenvalue weighted by Gasteiger charge is 2.29. The van der Waals surface area contributed by atoms with Gasteiger partial charge >= 0.3 is 0 Å². The van der Waals surface area contributed by atoms with E-state index in [1.807, 2.05) is 26.8 Å². The van der Waals surface area contributed by atoms with E-state index >= 15 is 0 Å². The molecule has 148 valence electrons. The molecule has 28 heavy (non-hydrogen) atoms. The van der Waals surface area contributed by atoms with Crippen LogP contribution < -0.4 is 10.2 Å². The number of nitrogens with zero attached hydrogens (tertiary/aromatic N) is 3. The summed E-state index contributed by atoms with van der Waals surface area (Å²) in [7, 11) is 0. The van der Waals surface area contributed by atoms with E-state index in [1.54, 1.807) is 11.3 Å². The van der Waals surface area contributed by atoms with Crippen molar-refractivity contribution in [2.75, 3.05) is 24.5 Å². The standard InChI is InChI=1S/C21H26N4O2S/c1-13-14(2)27-21-18(13)19(23-15(3)24-21)25-10-4-6-16(12-25)20(26)22-9-8-17-7-5-11-28-17/h5,7,11,16H,4,6,8-10,12H2,1-3H3,(H,22,26)/t16-/m1/s1. The number of nitrogens with one attached hydrogen (secondary N) is 1. The summed E-state index contributed by atoms with van der Waals surface area (Å²) in [6.07, 6.45) is 2.78. The van der Waals surface area contributed by atoms with E-state index in [0.717, 1.165) is 48.3 Å². The molecule has 1 atom stereocenters. The first kappa shape index (κ1) is 18.9. The van der Waals surface area contributed by atoms with Gasteiger partial charge in [-0.15, -0.1) is 11.3 Å². The molecule has 6 nitrogen and oxygen atoms in total. The average Bonchev–Trinajstić information content (AvgIpc) is 3.29. The molecule has 0 bridgehead atoms. The fourth-order valence-electron chi connectivity index (χ4n) is 3.85. The minimum absolute atomic E-state index is 0.0179. The maximum Gasteiger partial charge on any atom is 0.231 e. The largest absolute Gasteiger partial charge is 0.443 e. The number of furan rings is 1. The Morgan fingerprint density at radius 1 is 1.36 bits per heavy atom. The lowest BCUT2D eigenvalue weighted by Gasteiger charge is -2.33. The number of anilines is 1. The topological polar surface area (TPSA) is 71.3 Å². The Bertz CT molecular complexity index is 980. The third-order valence-corrected chi connectivity index (χ3v) is 6.40. The zero-order chi connectivity index (χ0) is 19.7. The van der Waals surface area contributed by atoms with E-state index in [1.165, 1.54) is 4.88 Å². The highest BCUT2D eigenvalue weighted by atomic mass is 32.1. The second-order valence-electron chi connectivity index (χ2n) is 7.46.